The molecule has 140 valence electrons. The van der Waals surface area contributed by atoms with Crippen molar-refractivity contribution in [1.29, 1.82) is 5.53 Å². The molecule has 2 rings (SSSR count). The molecule has 6 atom stereocenters. The van der Waals surface area contributed by atoms with Crippen molar-refractivity contribution in [3.8, 4) is 0 Å². The first-order valence-electron chi connectivity index (χ1n) is 9.46. The Hall–Kier alpha value is -0.560. The first-order valence-corrected chi connectivity index (χ1v) is 9.46. The van der Waals surface area contributed by atoms with Gasteiger partial charge in [-0.3, -0.25) is 5.32 Å². The molecule has 2 saturated carbocycles. The van der Waals surface area contributed by atoms with Gasteiger partial charge in [0.15, 0.2) is 0 Å². The van der Waals surface area contributed by atoms with Crippen LogP contribution in [-0.4, -0.2) is 29.8 Å². The van der Waals surface area contributed by atoms with Crippen LogP contribution in [0.3, 0.4) is 0 Å². The van der Waals surface area contributed by atoms with Gasteiger partial charge in [-0.15, -0.1) is 0 Å². The van der Waals surface area contributed by atoms with E-state index in [1.54, 1.807) is 0 Å². The number of fused-ring (bicyclic) bond motifs is 1. The third-order valence-corrected chi connectivity index (χ3v) is 6.19. The number of nitrogens with one attached hydrogen (secondary N) is 2. The summed E-state index contributed by atoms with van der Waals surface area (Å²) in [5, 5.41) is 7.15. The van der Waals surface area contributed by atoms with E-state index < -0.39 is 0 Å². The summed E-state index contributed by atoms with van der Waals surface area (Å²) >= 11 is 0. The summed E-state index contributed by atoms with van der Waals surface area (Å²) in [5.74, 6) is 2.36. The van der Waals surface area contributed by atoms with Crippen LogP contribution in [0.15, 0.2) is 5.11 Å². The van der Waals surface area contributed by atoms with E-state index in [2.05, 4.69) is 24.3 Å². The van der Waals surface area contributed by atoms with Crippen LogP contribution in [-0.2, 0) is 0 Å². The molecule has 0 aliphatic heterocycles. The molecule has 0 aromatic carbocycles. The third-order valence-electron chi connectivity index (χ3n) is 6.19. The second kappa shape index (κ2) is 7.36. The molecule has 0 saturated heterocycles. The summed E-state index contributed by atoms with van der Waals surface area (Å²) in [4.78, 5) is 0. The normalized spacial score (nSPS) is 35.5. The zero-order valence-electron chi connectivity index (χ0n) is 15.9. The molecule has 2 aliphatic carbocycles. The second-order valence-corrected chi connectivity index (χ2v) is 9.46. The Balaban J connectivity index is 1.98. The average Bonchev–Trinajstić information content (AvgIpc) is 2.79. The van der Waals surface area contributed by atoms with Gasteiger partial charge in [0.2, 0.25) is 0 Å². The Labute approximate surface area is 147 Å². The highest BCUT2D eigenvalue weighted by Crippen LogP contribution is 2.50. The summed E-state index contributed by atoms with van der Waals surface area (Å²) in [6.07, 6.45) is 5.55. The van der Waals surface area contributed by atoms with Gasteiger partial charge in [0.1, 0.15) is 0 Å². The molecule has 0 radical (unpaired) electrons. The van der Waals surface area contributed by atoms with E-state index in [9.17, 15) is 0 Å². The van der Waals surface area contributed by atoms with Crippen LogP contribution < -0.4 is 22.5 Å². The van der Waals surface area contributed by atoms with Gasteiger partial charge in [-0.2, -0.15) is 5.11 Å². The van der Waals surface area contributed by atoms with E-state index in [1.807, 2.05) is 13.8 Å². The summed E-state index contributed by atoms with van der Waals surface area (Å²) in [5.41, 5.74) is 25.7. The van der Waals surface area contributed by atoms with Gasteiger partial charge in [-0.05, 0) is 83.5 Å². The lowest BCUT2D eigenvalue weighted by atomic mass is 9.69. The first kappa shape index (κ1) is 19.8. The number of hydrogen-bond donors (Lipinski definition) is 5. The summed E-state index contributed by atoms with van der Waals surface area (Å²) in [6.45, 7) is 8.80. The van der Waals surface area contributed by atoms with Crippen LogP contribution in [0.5, 0.6) is 0 Å². The zero-order chi connectivity index (χ0) is 18.1. The molecule has 8 N–H and O–H groups in total. The lowest BCUT2D eigenvalue weighted by Gasteiger charge is -2.39. The van der Waals surface area contributed by atoms with E-state index in [1.165, 1.54) is 12.8 Å². The molecular weight excluding hydrogens is 300 g/mol. The lowest BCUT2D eigenvalue weighted by molar-refractivity contribution is 0.133. The maximum absolute atomic E-state index is 7.43. The Kier molecular flexibility index (Phi) is 6.06. The average molecular weight is 339 g/mol. The number of hydrogen-bond acceptors (Lipinski definition) is 6. The molecule has 2 aliphatic rings. The molecule has 6 heteroatoms. The van der Waals surface area contributed by atoms with Crippen molar-refractivity contribution >= 4 is 0 Å². The standard InChI is InChI=1S/C18H38N6/c1-17(2,24-22)9-12-8-15(19)13-6-5-11(7-14(12)13)16(20)10-23-18(3,4)21/h11-16,22-23H,5-10,19-21H2,1-4H3. The minimum absolute atomic E-state index is 0.139. The fraction of sp³-hybridized carbons (Fsp3) is 1.00. The summed E-state index contributed by atoms with van der Waals surface area (Å²) in [6, 6.07) is 0.444. The van der Waals surface area contributed by atoms with Crippen LogP contribution >= 0.6 is 0 Å². The topological polar surface area (TPSA) is 126 Å². The SMILES string of the molecule is CC(C)(CC1CC(N)C2CCC(C(N)CNC(C)(C)N)CC12)N=N. The molecule has 6 nitrogen and oxygen atoms in total. The van der Waals surface area contributed by atoms with Crippen molar-refractivity contribution in [3.05, 3.63) is 0 Å². The van der Waals surface area contributed by atoms with Gasteiger partial charge in [-0.25, -0.2) is 5.53 Å². The smallest absolute Gasteiger partial charge is 0.0760 e. The van der Waals surface area contributed by atoms with Gasteiger partial charge in [0.05, 0.1) is 11.2 Å². The van der Waals surface area contributed by atoms with Crippen LogP contribution in [0, 0.1) is 29.2 Å². The molecule has 0 aromatic rings. The van der Waals surface area contributed by atoms with Crippen LogP contribution in [0.25, 0.3) is 0 Å². The number of nitrogens with two attached hydrogens (primary N) is 3. The second-order valence-electron chi connectivity index (χ2n) is 9.46. The quantitative estimate of drug-likeness (QED) is 0.360. The molecule has 0 spiro atoms. The predicted molar refractivity (Wildman–Crippen MR) is 98.5 cm³/mol. The Morgan fingerprint density at radius 3 is 2.42 bits per heavy atom. The monoisotopic (exact) mass is 338 g/mol. The lowest BCUT2D eigenvalue weighted by Crippen LogP contribution is -2.54. The molecular formula is C18H38N6. The van der Waals surface area contributed by atoms with Crippen molar-refractivity contribution in [2.45, 2.75) is 83.1 Å². The highest BCUT2D eigenvalue weighted by molar-refractivity contribution is 5.00. The maximum Gasteiger partial charge on any atom is 0.0760 e. The van der Waals surface area contributed by atoms with Gasteiger partial charge >= 0.3 is 0 Å². The van der Waals surface area contributed by atoms with Crippen molar-refractivity contribution in [2.75, 3.05) is 6.54 Å². The van der Waals surface area contributed by atoms with Gasteiger partial charge in [0.25, 0.3) is 0 Å². The molecule has 0 aromatic heterocycles. The minimum Gasteiger partial charge on any atom is -0.327 e. The number of nitrogens with zero attached hydrogens (tertiary/aromatic N) is 1. The minimum atomic E-state index is -0.382. The van der Waals surface area contributed by atoms with Crippen molar-refractivity contribution in [2.24, 2.45) is 46.0 Å². The molecule has 24 heavy (non-hydrogen) atoms. The number of rotatable bonds is 7. The zero-order valence-corrected chi connectivity index (χ0v) is 15.9. The fourth-order valence-electron chi connectivity index (χ4n) is 4.89. The Morgan fingerprint density at radius 1 is 1.17 bits per heavy atom. The molecule has 6 unspecified atom stereocenters. The van der Waals surface area contributed by atoms with Crippen LogP contribution in [0.2, 0.25) is 0 Å². The fourth-order valence-corrected chi connectivity index (χ4v) is 4.89. The van der Waals surface area contributed by atoms with Crippen molar-refractivity contribution < 1.29 is 0 Å². The predicted octanol–water partition coefficient (Wildman–Crippen LogP) is 2.18. The van der Waals surface area contributed by atoms with E-state index in [-0.39, 0.29) is 17.2 Å². The molecule has 0 amide bonds. The Bertz CT molecular complexity index is 430. The molecule has 0 heterocycles. The third kappa shape index (κ3) is 4.97. The highest BCUT2D eigenvalue weighted by atomic mass is 15.1. The van der Waals surface area contributed by atoms with Crippen molar-refractivity contribution in [1.82, 2.24) is 5.32 Å². The van der Waals surface area contributed by atoms with Gasteiger partial charge in [-0.1, -0.05) is 0 Å². The summed E-state index contributed by atoms with van der Waals surface area (Å²) in [7, 11) is 0. The summed E-state index contributed by atoms with van der Waals surface area (Å²) < 4.78 is 0. The van der Waals surface area contributed by atoms with E-state index >= 15 is 0 Å². The Morgan fingerprint density at radius 2 is 1.83 bits per heavy atom. The van der Waals surface area contributed by atoms with E-state index in [0.29, 0.717) is 29.7 Å². The van der Waals surface area contributed by atoms with Gasteiger partial charge in [0, 0.05) is 18.6 Å². The van der Waals surface area contributed by atoms with Crippen LogP contribution in [0.1, 0.15) is 59.8 Å². The van der Waals surface area contributed by atoms with Crippen molar-refractivity contribution in [3.63, 3.8) is 0 Å². The maximum atomic E-state index is 7.43. The van der Waals surface area contributed by atoms with E-state index in [4.69, 9.17) is 22.7 Å². The molecule has 2 fully saturated rings. The van der Waals surface area contributed by atoms with Crippen LogP contribution in [0.4, 0.5) is 0 Å². The largest absolute Gasteiger partial charge is 0.327 e. The van der Waals surface area contributed by atoms with Gasteiger partial charge < -0.3 is 17.2 Å². The highest BCUT2D eigenvalue weighted by Gasteiger charge is 2.46. The molecule has 0 bridgehead atoms. The first-order chi connectivity index (χ1) is 11.0. The van der Waals surface area contributed by atoms with E-state index in [0.717, 1.165) is 25.8 Å².